The van der Waals surface area contributed by atoms with Crippen molar-refractivity contribution in [1.82, 2.24) is 15.3 Å². The lowest BCUT2D eigenvalue weighted by atomic mass is 10.0. The molecule has 196 valence electrons. The summed E-state index contributed by atoms with van der Waals surface area (Å²) in [6.07, 6.45) is -0.730. The van der Waals surface area contributed by atoms with Gasteiger partial charge in [-0.1, -0.05) is 12.1 Å². The van der Waals surface area contributed by atoms with Gasteiger partial charge in [-0.15, -0.1) is 4.91 Å². The predicted octanol–water partition coefficient (Wildman–Crippen LogP) is 2.34. The minimum Gasteiger partial charge on any atom is -0.491 e. The molecule has 3 rings (SSSR count). The van der Waals surface area contributed by atoms with E-state index in [1.165, 1.54) is 18.2 Å². The first-order valence-electron chi connectivity index (χ1n) is 11.3. The number of benzene rings is 2. The van der Waals surface area contributed by atoms with Gasteiger partial charge >= 0.3 is 11.9 Å². The number of rotatable bonds is 12. The molecule has 2 amide bonds. The summed E-state index contributed by atoms with van der Waals surface area (Å²) in [5.41, 5.74) is 2.18. The predicted molar refractivity (Wildman–Crippen MR) is 137 cm³/mol. The number of Topliss-reactive ketones (excluding diaryl/α,β-unsaturated/α-hetero) is 1. The number of ether oxygens (including phenoxy) is 1. The Morgan fingerprint density at radius 1 is 1.18 bits per heavy atom. The largest absolute Gasteiger partial charge is 0.491 e. The average Bonchev–Trinajstić information content (AvgIpc) is 3.28. The van der Waals surface area contributed by atoms with E-state index in [1.807, 2.05) is 0 Å². The molecule has 13 nitrogen and oxygen atoms in total. The highest BCUT2D eigenvalue weighted by molar-refractivity contribution is 6.37. The third-order valence-corrected chi connectivity index (χ3v) is 5.52. The van der Waals surface area contributed by atoms with E-state index >= 15 is 0 Å². The molecule has 13 heteroatoms. The molecule has 2 aromatic carbocycles. The van der Waals surface area contributed by atoms with Crippen LogP contribution in [0.2, 0.25) is 0 Å². The summed E-state index contributed by atoms with van der Waals surface area (Å²) in [7, 11) is 0. The first-order valence-corrected chi connectivity index (χ1v) is 11.3. The lowest BCUT2D eigenvalue weighted by Gasteiger charge is -2.20. The number of carboxylic acids is 1. The molecule has 0 unspecified atom stereocenters. The van der Waals surface area contributed by atoms with Crippen molar-refractivity contribution in [2.75, 3.05) is 6.61 Å². The summed E-state index contributed by atoms with van der Waals surface area (Å²) in [4.78, 5) is 68.8. The fraction of sp³-hybridized carbons (Fsp3) is 0.240. The second-order valence-corrected chi connectivity index (χ2v) is 8.29. The summed E-state index contributed by atoms with van der Waals surface area (Å²) < 4.78 is 5.84. The molecule has 4 N–H and O–H groups in total. The highest BCUT2D eigenvalue weighted by Gasteiger charge is 2.21. The lowest BCUT2D eigenvalue weighted by molar-refractivity contribution is -0.137. The molecule has 1 atom stereocenters. The number of aryl methyl sites for hydroxylation is 1. The highest BCUT2D eigenvalue weighted by atomic mass is 16.5. The third kappa shape index (κ3) is 7.00. The van der Waals surface area contributed by atoms with Gasteiger partial charge in [-0.2, -0.15) is 0 Å². The van der Waals surface area contributed by atoms with Crippen LogP contribution in [0, 0.1) is 17.2 Å². The van der Waals surface area contributed by atoms with Gasteiger partial charge in [0, 0.05) is 34.7 Å². The second-order valence-electron chi connectivity index (χ2n) is 8.29. The highest BCUT2D eigenvalue weighted by Crippen LogP contribution is 2.23. The quantitative estimate of drug-likeness (QED) is 0.120. The number of H-pyrrole nitrogens is 1. The van der Waals surface area contributed by atoms with Crippen LogP contribution in [0.15, 0.2) is 46.6 Å². The standard InChI is InChI=1S/C25H24N6O7/c1-13-28-18-7-5-16(9-19(18)29-13)24(35)30-17(6-8-22(33)34)12-38-21-11-15(23(26)27-2)4-3-14(21)10-20(32)25(36)31-37/h3-5,7,9,11,17,26H,2,6,8,10,12H2,1H3,(H,28,29)(H,30,35)(H,33,34)/t17-/m1/s1. The zero-order valence-corrected chi connectivity index (χ0v) is 20.3. The summed E-state index contributed by atoms with van der Waals surface area (Å²) in [5.74, 6) is -3.47. The maximum absolute atomic E-state index is 12.9. The topological polar surface area (TPSA) is 204 Å². The molecular weight excluding hydrogens is 496 g/mol. The smallest absolute Gasteiger partial charge is 0.352 e. The number of hydrogen-bond acceptors (Lipinski definition) is 8. The lowest BCUT2D eigenvalue weighted by Crippen LogP contribution is -2.39. The van der Waals surface area contributed by atoms with Gasteiger partial charge in [-0.05, 0) is 44.3 Å². The molecule has 0 aliphatic rings. The van der Waals surface area contributed by atoms with Crippen LogP contribution in [0.25, 0.3) is 11.0 Å². The molecular formula is C25H24N6O7. The molecule has 0 saturated carbocycles. The van der Waals surface area contributed by atoms with Crippen LogP contribution in [-0.4, -0.2) is 63.8 Å². The van der Waals surface area contributed by atoms with Crippen LogP contribution in [0.5, 0.6) is 5.75 Å². The van der Waals surface area contributed by atoms with E-state index in [1.54, 1.807) is 25.1 Å². The monoisotopic (exact) mass is 520 g/mol. The fourth-order valence-corrected chi connectivity index (χ4v) is 3.61. The van der Waals surface area contributed by atoms with Crippen molar-refractivity contribution in [2.24, 2.45) is 10.2 Å². The van der Waals surface area contributed by atoms with Gasteiger partial charge < -0.3 is 20.1 Å². The fourth-order valence-electron chi connectivity index (χ4n) is 3.61. The number of ketones is 1. The Morgan fingerprint density at radius 3 is 2.61 bits per heavy atom. The Hall–Kier alpha value is -5.07. The normalized spacial score (nSPS) is 11.4. The van der Waals surface area contributed by atoms with E-state index < -0.39 is 36.0 Å². The number of carboxylic acid groups (broad SMARTS) is 1. The number of nitroso groups, excluding NO2 is 1. The number of aromatic nitrogens is 2. The number of carbonyl (C=O) groups excluding carboxylic acids is 3. The molecule has 1 aromatic heterocycles. The van der Waals surface area contributed by atoms with Gasteiger partial charge in [0.1, 0.15) is 18.2 Å². The van der Waals surface area contributed by atoms with E-state index in [4.69, 9.17) is 15.3 Å². The van der Waals surface area contributed by atoms with Crippen LogP contribution in [-0.2, 0) is 20.8 Å². The number of nitrogens with one attached hydrogen (secondary N) is 3. The molecule has 0 radical (unpaired) electrons. The van der Waals surface area contributed by atoms with Crippen LogP contribution < -0.4 is 10.1 Å². The minimum atomic E-state index is -1.45. The Balaban J connectivity index is 1.83. The van der Waals surface area contributed by atoms with Crippen molar-refractivity contribution in [1.29, 1.82) is 5.41 Å². The Labute approximate surface area is 215 Å². The molecule has 0 aliphatic heterocycles. The van der Waals surface area contributed by atoms with Crippen molar-refractivity contribution in [2.45, 2.75) is 32.2 Å². The number of amidine groups is 1. The zero-order chi connectivity index (χ0) is 27.8. The summed E-state index contributed by atoms with van der Waals surface area (Å²) in [6.45, 7) is 4.88. The van der Waals surface area contributed by atoms with Gasteiger partial charge in [0.15, 0.2) is 5.84 Å². The summed E-state index contributed by atoms with van der Waals surface area (Å²) >= 11 is 0. The summed E-state index contributed by atoms with van der Waals surface area (Å²) in [5, 5.41) is 21.9. The van der Waals surface area contributed by atoms with Gasteiger partial charge in [0.25, 0.3) is 5.91 Å². The van der Waals surface area contributed by atoms with Gasteiger partial charge in [-0.3, -0.25) is 24.6 Å². The van der Waals surface area contributed by atoms with E-state index in [-0.39, 0.29) is 36.6 Å². The Bertz CT molecular complexity index is 1450. The van der Waals surface area contributed by atoms with Crippen molar-refractivity contribution < 1.29 is 29.0 Å². The first-order chi connectivity index (χ1) is 18.1. The van der Waals surface area contributed by atoms with Crippen LogP contribution >= 0.6 is 0 Å². The first kappa shape index (κ1) is 27.5. The Kier molecular flexibility index (Phi) is 8.87. The summed E-state index contributed by atoms with van der Waals surface area (Å²) in [6, 6.07) is 8.41. The number of carbonyl (C=O) groups is 4. The van der Waals surface area contributed by atoms with Crippen LogP contribution in [0.1, 0.15) is 40.2 Å². The molecule has 3 aromatic rings. The second kappa shape index (κ2) is 12.3. The van der Waals surface area contributed by atoms with Crippen molar-refractivity contribution >= 4 is 47.2 Å². The minimum absolute atomic E-state index is 0.0258. The number of aromatic amines is 1. The number of nitrogens with zero attached hydrogens (tertiary/aromatic N) is 3. The SMILES string of the molecule is C=NC(=N)c1ccc(CC(=O)C(=O)N=O)c(OC[C@@H](CCC(=O)O)NC(=O)c2ccc3nc(C)[nH]c3c2)c1. The van der Waals surface area contributed by atoms with Crippen LogP contribution in [0.3, 0.4) is 0 Å². The number of aliphatic imine (C=N–C) groups is 1. The number of imidazole rings is 1. The average molecular weight is 521 g/mol. The van der Waals surface area contributed by atoms with Gasteiger partial charge in [-0.25, -0.2) is 9.98 Å². The van der Waals surface area contributed by atoms with E-state index in [0.29, 0.717) is 28.0 Å². The van der Waals surface area contributed by atoms with Crippen molar-refractivity contribution in [3.63, 3.8) is 0 Å². The van der Waals surface area contributed by atoms with Gasteiger partial charge in [0.05, 0.1) is 17.1 Å². The number of hydrogen-bond donors (Lipinski definition) is 4. The maximum Gasteiger partial charge on any atom is 0.352 e. The van der Waals surface area contributed by atoms with Crippen molar-refractivity contribution in [3.8, 4) is 5.75 Å². The van der Waals surface area contributed by atoms with Crippen molar-refractivity contribution in [3.05, 3.63) is 63.8 Å². The molecule has 0 aliphatic carbocycles. The maximum atomic E-state index is 12.9. The molecule has 0 fully saturated rings. The number of fused-ring (bicyclic) bond motifs is 1. The Morgan fingerprint density at radius 2 is 1.92 bits per heavy atom. The zero-order valence-electron chi connectivity index (χ0n) is 20.3. The molecule has 0 bridgehead atoms. The van der Waals surface area contributed by atoms with Crippen LogP contribution in [0.4, 0.5) is 0 Å². The van der Waals surface area contributed by atoms with Gasteiger partial charge in [0.2, 0.25) is 5.78 Å². The molecule has 1 heterocycles. The van der Waals surface area contributed by atoms with E-state index in [2.05, 4.69) is 32.2 Å². The number of amides is 2. The van der Waals surface area contributed by atoms with E-state index in [0.717, 1.165) is 0 Å². The molecule has 0 saturated heterocycles. The number of aliphatic carboxylic acids is 1. The molecule has 0 spiro atoms. The van der Waals surface area contributed by atoms with E-state index in [9.17, 15) is 24.1 Å². The third-order valence-electron chi connectivity index (χ3n) is 5.52. The molecule has 38 heavy (non-hydrogen) atoms.